The fourth-order valence-corrected chi connectivity index (χ4v) is 3.10. The molecule has 2 heterocycles. The Morgan fingerprint density at radius 3 is 2.38 bits per heavy atom. The highest BCUT2D eigenvalue weighted by Gasteiger charge is 2.25. The van der Waals surface area contributed by atoms with Gasteiger partial charge in [-0.15, -0.1) is 0 Å². The van der Waals surface area contributed by atoms with Crippen molar-refractivity contribution in [2.24, 2.45) is 0 Å². The lowest BCUT2D eigenvalue weighted by molar-refractivity contribution is 0.178. The molecule has 0 amide bonds. The first-order valence-electron chi connectivity index (χ1n) is 7.51. The van der Waals surface area contributed by atoms with E-state index in [9.17, 15) is 8.42 Å². The zero-order valence-corrected chi connectivity index (χ0v) is 13.5. The van der Waals surface area contributed by atoms with Crippen molar-refractivity contribution in [1.82, 2.24) is 9.97 Å². The predicted octanol–water partition coefficient (Wildman–Crippen LogP) is 1.76. The highest BCUT2D eigenvalue weighted by atomic mass is 32.2. The average molecular weight is 313 g/mol. The molecule has 0 spiro atoms. The van der Waals surface area contributed by atoms with E-state index in [2.05, 4.69) is 21.8 Å². The van der Waals surface area contributed by atoms with Crippen LogP contribution in [0.3, 0.4) is 0 Å². The fraction of sp³-hybridized carbons (Fsp3) is 0.714. The molecule has 0 aromatic carbocycles. The molecule has 6 nitrogen and oxygen atoms in total. The van der Waals surface area contributed by atoms with Gasteiger partial charge in [0.05, 0.1) is 11.9 Å². The smallest absolute Gasteiger partial charge is 0.267 e. The third kappa shape index (κ3) is 4.64. The van der Waals surface area contributed by atoms with Gasteiger partial charge >= 0.3 is 0 Å². The maximum absolute atomic E-state index is 11.5. The monoisotopic (exact) mass is 313 g/mol. The third-order valence-corrected chi connectivity index (χ3v) is 4.86. The van der Waals surface area contributed by atoms with Crippen molar-refractivity contribution in [1.29, 1.82) is 0 Å². The normalized spacial score (nSPS) is 17.1. The van der Waals surface area contributed by atoms with Gasteiger partial charge in [-0.25, -0.2) is 9.97 Å². The first-order chi connectivity index (χ1) is 10.0. The summed E-state index contributed by atoms with van der Waals surface area (Å²) in [7, 11) is -3.36. The number of piperidine rings is 1. The summed E-state index contributed by atoms with van der Waals surface area (Å²) in [6.45, 7) is 5.16. The summed E-state index contributed by atoms with van der Waals surface area (Å²) in [5.74, 6) is 0.738. The van der Waals surface area contributed by atoms with Crippen molar-refractivity contribution in [3.8, 4) is 0 Å². The van der Waals surface area contributed by atoms with E-state index in [1.165, 1.54) is 0 Å². The highest BCUT2D eigenvalue weighted by molar-refractivity contribution is 7.86. The van der Waals surface area contributed by atoms with Crippen molar-refractivity contribution in [2.45, 2.75) is 45.6 Å². The van der Waals surface area contributed by atoms with E-state index in [1.807, 2.05) is 12.4 Å². The lowest BCUT2D eigenvalue weighted by Crippen LogP contribution is -2.38. The molecule has 1 aromatic heterocycles. The number of anilines is 1. The molecule has 2 rings (SSSR count). The number of aryl methyl sites for hydroxylation is 1. The van der Waals surface area contributed by atoms with Crippen molar-refractivity contribution < 1.29 is 12.6 Å². The van der Waals surface area contributed by atoms with E-state index in [0.717, 1.165) is 31.5 Å². The SMILES string of the molecule is CCCc1cnc(N2CCC(OS(=O)(=O)CC)CC2)nc1. The molecule has 0 unspecified atom stereocenters. The zero-order valence-electron chi connectivity index (χ0n) is 12.7. The summed E-state index contributed by atoms with van der Waals surface area (Å²) < 4.78 is 28.1. The topological polar surface area (TPSA) is 72.4 Å². The molecular weight excluding hydrogens is 290 g/mol. The van der Waals surface area contributed by atoms with Gasteiger partial charge in [-0.2, -0.15) is 8.42 Å². The van der Waals surface area contributed by atoms with Crippen molar-refractivity contribution in [2.75, 3.05) is 23.7 Å². The van der Waals surface area contributed by atoms with Crippen molar-refractivity contribution >= 4 is 16.1 Å². The molecule has 118 valence electrons. The average Bonchev–Trinajstić information content (AvgIpc) is 2.49. The van der Waals surface area contributed by atoms with Crippen molar-refractivity contribution in [3.63, 3.8) is 0 Å². The standard InChI is InChI=1S/C14H23N3O3S/c1-3-5-12-10-15-14(16-11-12)17-8-6-13(7-9-17)20-21(18,19)4-2/h10-11,13H,3-9H2,1-2H3. The minimum absolute atomic E-state index is 0.0230. The van der Waals surface area contributed by atoms with Crippen LogP contribution in [0.4, 0.5) is 5.95 Å². The molecule has 1 aliphatic rings. The van der Waals surface area contributed by atoms with Gasteiger partial charge in [-0.3, -0.25) is 4.18 Å². The largest absolute Gasteiger partial charge is 0.341 e. The van der Waals surface area contributed by atoms with E-state index in [0.29, 0.717) is 18.8 Å². The molecule has 0 bridgehead atoms. The summed E-state index contributed by atoms with van der Waals surface area (Å²) in [5, 5.41) is 0. The van der Waals surface area contributed by atoms with E-state index < -0.39 is 10.1 Å². The molecule has 0 aliphatic carbocycles. The van der Waals surface area contributed by atoms with E-state index >= 15 is 0 Å². The molecule has 0 N–H and O–H groups in total. The minimum atomic E-state index is -3.36. The summed E-state index contributed by atoms with van der Waals surface area (Å²) in [4.78, 5) is 10.9. The van der Waals surface area contributed by atoms with Crippen LogP contribution < -0.4 is 4.90 Å². The molecule has 21 heavy (non-hydrogen) atoms. The molecule has 1 saturated heterocycles. The Morgan fingerprint density at radius 2 is 1.86 bits per heavy atom. The van der Waals surface area contributed by atoms with Gasteiger partial charge in [0.25, 0.3) is 10.1 Å². The molecule has 1 aromatic rings. The summed E-state index contributed by atoms with van der Waals surface area (Å²) in [6, 6.07) is 0. The Kier molecular flexibility index (Phi) is 5.52. The Balaban J connectivity index is 1.88. The first-order valence-corrected chi connectivity index (χ1v) is 9.08. The maximum Gasteiger partial charge on any atom is 0.267 e. The number of hydrogen-bond donors (Lipinski definition) is 0. The molecule has 1 fully saturated rings. The van der Waals surface area contributed by atoms with Crippen molar-refractivity contribution in [3.05, 3.63) is 18.0 Å². The molecular formula is C14H23N3O3S. The zero-order chi connectivity index (χ0) is 15.3. The lowest BCUT2D eigenvalue weighted by atomic mass is 10.1. The van der Waals surface area contributed by atoms with Crippen LogP contribution in [0.25, 0.3) is 0 Å². The molecule has 7 heteroatoms. The summed E-state index contributed by atoms with van der Waals surface area (Å²) in [6.07, 6.45) is 6.96. The minimum Gasteiger partial charge on any atom is -0.341 e. The van der Waals surface area contributed by atoms with E-state index in [4.69, 9.17) is 4.18 Å². The van der Waals surface area contributed by atoms with Crippen LogP contribution in [0.2, 0.25) is 0 Å². The predicted molar refractivity (Wildman–Crippen MR) is 81.8 cm³/mol. The number of nitrogens with zero attached hydrogens (tertiary/aromatic N) is 3. The number of hydrogen-bond acceptors (Lipinski definition) is 6. The van der Waals surface area contributed by atoms with Crippen LogP contribution in [-0.2, 0) is 20.7 Å². The molecule has 0 radical (unpaired) electrons. The van der Waals surface area contributed by atoms with Gasteiger partial charge in [-0.1, -0.05) is 13.3 Å². The van der Waals surface area contributed by atoms with Crippen LogP contribution in [0, 0.1) is 0 Å². The van der Waals surface area contributed by atoms with Gasteiger partial charge in [0.2, 0.25) is 5.95 Å². The second-order valence-corrected chi connectivity index (χ2v) is 7.16. The quantitative estimate of drug-likeness (QED) is 0.745. The van der Waals surface area contributed by atoms with Gasteiger partial charge in [0.1, 0.15) is 0 Å². The van der Waals surface area contributed by atoms with Crippen LogP contribution >= 0.6 is 0 Å². The highest BCUT2D eigenvalue weighted by Crippen LogP contribution is 2.19. The Labute approximate surface area is 126 Å². The Hall–Kier alpha value is -1.21. The Morgan fingerprint density at radius 1 is 1.24 bits per heavy atom. The van der Waals surface area contributed by atoms with Crippen LogP contribution in [0.1, 0.15) is 38.7 Å². The number of rotatable bonds is 6. The number of aromatic nitrogens is 2. The van der Waals surface area contributed by atoms with Crippen LogP contribution in [-0.4, -0.2) is 43.3 Å². The fourth-order valence-electron chi connectivity index (χ4n) is 2.36. The summed E-state index contributed by atoms with van der Waals surface area (Å²) in [5.41, 5.74) is 1.15. The van der Waals surface area contributed by atoms with Crippen LogP contribution in [0.15, 0.2) is 12.4 Å². The first kappa shape index (κ1) is 16.2. The van der Waals surface area contributed by atoms with Gasteiger partial charge in [0, 0.05) is 25.5 Å². The van der Waals surface area contributed by atoms with E-state index in [1.54, 1.807) is 6.92 Å². The molecule has 0 saturated carbocycles. The van der Waals surface area contributed by atoms with E-state index in [-0.39, 0.29) is 11.9 Å². The van der Waals surface area contributed by atoms with Crippen LogP contribution in [0.5, 0.6) is 0 Å². The maximum atomic E-state index is 11.5. The third-order valence-electron chi connectivity index (χ3n) is 3.59. The lowest BCUT2D eigenvalue weighted by Gasteiger charge is -2.31. The van der Waals surface area contributed by atoms with Gasteiger partial charge < -0.3 is 4.90 Å². The van der Waals surface area contributed by atoms with Gasteiger partial charge in [0.15, 0.2) is 0 Å². The Bertz CT molecular complexity index is 537. The second kappa shape index (κ2) is 7.17. The molecule has 1 aliphatic heterocycles. The molecule has 0 atom stereocenters. The second-order valence-electron chi connectivity index (χ2n) is 5.27. The summed E-state index contributed by atoms with van der Waals surface area (Å²) >= 11 is 0. The van der Waals surface area contributed by atoms with Gasteiger partial charge in [-0.05, 0) is 31.7 Å².